The van der Waals surface area contributed by atoms with Gasteiger partial charge in [-0.1, -0.05) is 12.1 Å². The molecule has 1 aromatic rings. The molecule has 1 fully saturated rings. The maximum Gasteiger partial charge on any atom is 0.258 e. The lowest BCUT2D eigenvalue weighted by molar-refractivity contribution is -0.122. The summed E-state index contributed by atoms with van der Waals surface area (Å²) in [5, 5.41) is 14.0. The zero-order valence-corrected chi connectivity index (χ0v) is 11.0. The highest BCUT2D eigenvalue weighted by Gasteiger charge is 2.21. The van der Waals surface area contributed by atoms with E-state index in [-0.39, 0.29) is 18.9 Å². The van der Waals surface area contributed by atoms with E-state index < -0.39 is 11.7 Å². The van der Waals surface area contributed by atoms with Crippen molar-refractivity contribution in [2.75, 3.05) is 13.2 Å². The molecule has 1 aromatic carbocycles. The number of hydrogen-bond acceptors (Lipinski definition) is 4. The molecule has 106 valence electrons. The van der Waals surface area contributed by atoms with E-state index in [1.165, 1.54) is 6.07 Å². The lowest BCUT2D eigenvalue weighted by Crippen LogP contribution is -2.29. The molecule has 1 saturated carbocycles. The van der Waals surface area contributed by atoms with Gasteiger partial charge >= 0.3 is 0 Å². The number of benzene rings is 1. The molecule has 1 aliphatic carbocycles. The second-order valence-electron chi connectivity index (χ2n) is 4.61. The molecule has 0 spiro atoms. The zero-order valence-electron chi connectivity index (χ0n) is 11.0. The lowest BCUT2D eigenvalue weighted by Gasteiger charge is -2.12. The van der Waals surface area contributed by atoms with Crippen LogP contribution in [-0.4, -0.2) is 25.1 Å². The van der Waals surface area contributed by atoms with E-state index in [9.17, 15) is 9.18 Å². The SMILES string of the molecule is N#CCNC(=O)COc1c(F)cccc1CNC1CC1. The molecule has 5 nitrogen and oxygen atoms in total. The molecular formula is C14H16FN3O2. The van der Waals surface area contributed by atoms with Crippen molar-refractivity contribution in [1.29, 1.82) is 5.26 Å². The van der Waals surface area contributed by atoms with Gasteiger partial charge < -0.3 is 15.4 Å². The van der Waals surface area contributed by atoms with Crippen LogP contribution in [0.4, 0.5) is 4.39 Å². The highest BCUT2D eigenvalue weighted by atomic mass is 19.1. The van der Waals surface area contributed by atoms with E-state index in [1.54, 1.807) is 18.2 Å². The molecule has 1 aliphatic rings. The molecule has 0 atom stereocenters. The van der Waals surface area contributed by atoms with Gasteiger partial charge in [0.2, 0.25) is 0 Å². The van der Waals surface area contributed by atoms with E-state index in [1.807, 2.05) is 0 Å². The van der Waals surface area contributed by atoms with E-state index in [0.29, 0.717) is 18.2 Å². The summed E-state index contributed by atoms with van der Waals surface area (Å²) < 4.78 is 19.0. The summed E-state index contributed by atoms with van der Waals surface area (Å²) in [6.07, 6.45) is 2.28. The van der Waals surface area contributed by atoms with Crippen LogP contribution in [0.3, 0.4) is 0 Å². The average molecular weight is 277 g/mol. The molecule has 0 aromatic heterocycles. The van der Waals surface area contributed by atoms with Crippen LogP contribution in [0.1, 0.15) is 18.4 Å². The Hall–Kier alpha value is -2.13. The number of para-hydroxylation sites is 1. The van der Waals surface area contributed by atoms with Gasteiger partial charge in [-0.3, -0.25) is 4.79 Å². The van der Waals surface area contributed by atoms with Crippen molar-refractivity contribution in [2.24, 2.45) is 0 Å². The van der Waals surface area contributed by atoms with Gasteiger partial charge in [-0.15, -0.1) is 0 Å². The van der Waals surface area contributed by atoms with Gasteiger partial charge in [0.05, 0.1) is 6.07 Å². The Morgan fingerprint density at radius 2 is 2.30 bits per heavy atom. The highest BCUT2D eigenvalue weighted by molar-refractivity contribution is 5.77. The second kappa shape index (κ2) is 6.87. The first-order chi connectivity index (χ1) is 9.70. The fourth-order valence-corrected chi connectivity index (χ4v) is 1.72. The molecule has 0 aliphatic heterocycles. The fourth-order valence-electron chi connectivity index (χ4n) is 1.72. The summed E-state index contributed by atoms with van der Waals surface area (Å²) in [4.78, 5) is 11.3. The van der Waals surface area contributed by atoms with Crippen LogP contribution >= 0.6 is 0 Å². The van der Waals surface area contributed by atoms with Crippen LogP contribution in [-0.2, 0) is 11.3 Å². The van der Waals surface area contributed by atoms with E-state index in [4.69, 9.17) is 10.00 Å². The van der Waals surface area contributed by atoms with Crippen LogP contribution in [0, 0.1) is 17.1 Å². The second-order valence-corrected chi connectivity index (χ2v) is 4.61. The Morgan fingerprint density at radius 1 is 1.50 bits per heavy atom. The number of carbonyl (C=O) groups excluding carboxylic acids is 1. The third-order valence-corrected chi connectivity index (χ3v) is 2.92. The molecule has 2 rings (SSSR count). The Labute approximate surface area is 116 Å². The smallest absolute Gasteiger partial charge is 0.258 e. The van der Waals surface area contributed by atoms with E-state index in [0.717, 1.165) is 12.8 Å². The van der Waals surface area contributed by atoms with Crippen LogP contribution in [0.15, 0.2) is 18.2 Å². The number of nitrogens with zero attached hydrogens (tertiary/aromatic N) is 1. The third kappa shape index (κ3) is 4.21. The van der Waals surface area contributed by atoms with Crippen molar-refractivity contribution >= 4 is 5.91 Å². The lowest BCUT2D eigenvalue weighted by atomic mass is 10.2. The normalized spacial score (nSPS) is 13.6. The Balaban J connectivity index is 1.94. The van der Waals surface area contributed by atoms with Crippen molar-refractivity contribution < 1.29 is 13.9 Å². The summed E-state index contributed by atoms with van der Waals surface area (Å²) in [5.41, 5.74) is 0.685. The number of rotatable bonds is 7. The first-order valence-electron chi connectivity index (χ1n) is 6.48. The highest BCUT2D eigenvalue weighted by Crippen LogP contribution is 2.25. The monoisotopic (exact) mass is 277 g/mol. The number of ether oxygens (including phenoxy) is 1. The van der Waals surface area contributed by atoms with Gasteiger partial charge in [0.25, 0.3) is 5.91 Å². The first-order valence-corrected chi connectivity index (χ1v) is 6.48. The van der Waals surface area contributed by atoms with Gasteiger partial charge in [0.1, 0.15) is 6.54 Å². The Morgan fingerprint density at radius 3 is 3.00 bits per heavy atom. The van der Waals surface area contributed by atoms with Crippen molar-refractivity contribution in [2.45, 2.75) is 25.4 Å². The van der Waals surface area contributed by atoms with Crippen LogP contribution in [0.2, 0.25) is 0 Å². The summed E-state index contributed by atoms with van der Waals surface area (Å²) in [5.74, 6) is -0.850. The van der Waals surface area contributed by atoms with E-state index in [2.05, 4.69) is 10.6 Å². The summed E-state index contributed by atoms with van der Waals surface area (Å²) in [6, 6.07) is 6.96. The number of carbonyl (C=O) groups is 1. The maximum absolute atomic E-state index is 13.8. The van der Waals surface area contributed by atoms with Crippen molar-refractivity contribution in [3.63, 3.8) is 0 Å². The molecule has 1 amide bonds. The minimum Gasteiger partial charge on any atom is -0.480 e. The quantitative estimate of drug-likeness (QED) is 0.732. The molecular weight excluding hydrogens is 261 g/mol. The summed E-state index contributed by atoms with van der Waals surface area (Å²) in [6.45, 7) is 0.117. The number of hydrogen-bond donors (Lipinski definition) is 2. The van der Waals surface area contributed by atoms with Gasteiger partial charge in [-0.05, 0) is 18.9 Å². The predicted octanol–water partition coefficient (Wildman–Crippen LogP) is 1.10. The number of nitriles is 1. The van der Waals surface area contributed by atoms with Crippen LogP contribution in [0.5, 0.6) is 5.75 Å². The number of halogens is 1. The molecule has 6 heteroatoms. The molecule has 0 saturated heterocycles. The summed E-state index contributed by atoms with van der Waals surface area (Å²) in [7, 11) is 0. The third-order valence-electron chi connectivity index (χ3n) is 2.92. The maximum atomic E-state index is 13.8. The first kappa shape index (κ1) is 14.3. The van der Waals surface area contributed by atoms with Crippen molar-refractivity contribution in [3.8, 4) is 11.8 Å². The van der Waals surface area contributed by atoms with Gasteiger partial charge in [-0.25, -0.2) is 4.39 Å². The van der Waals surface area contributed by atoms with Crippen LogP contribution in [0.25, 0.3) is 0 Å². The molecule has 0 unspecified atom stereocenters. The zero-order chi connectivity index (χ0) is 14.4. The minimum atomic E-state index is -0.492. The van der Waals surface area contributed by atoms with Gasteiger partial charge in [0, 0.05) is 18.2 Å². The van der Waals surface area contributed by atoms with Crippen molar-refractivity contribution in [1.82, 2.24) is 10.6 Å². The molecule has 0 radical (unpaired) electrons. The number of amides is 1. The molecule has 0 bridgehead atoms. The fraction of sp³-hybridized carbons (Fsp3) is 0.429. The summed E-state index contributed by atoms with van der Waals surface area (Å²) >= 11 is 0. The predicted molar refractivity (Wildman–Crippen MR) is 70.4 cm³/mol. The van der Waals surface area contributed by atoms with E-state index >= 15 is 0 Å². The topological polar surface area (TPSA) is 74.2 Å². The largest absolute Gasteiger partial charge is 0.480 e. The number of nitrogens with one attached hydrogen (secondary N) is 2. The van der Waals surface area contributed by atoms with Gasteiger partial charge in [0.15, 0.2) is 18.2 Å². The molecule has 2 N–H and O–H groups in total. The molecule has 20 heavy (non-hydrogen) atoms. The standard InChI is InChI=1S/C14H16FN3O2/c15-12-3-1-2-10(8-18-11-4-5-11)14(12)20-9-13(19)17-7-6-16/h1-3,11,18H,4-5,7-9H2,(H,17,19). The minimum absolute atomic E-state index is 0.0877. The average Bonchev–Trinajstić information content (AvgIpc) is 3.26. The molecule has 0 heterocycles. The van der Waals surface area contributed by atoms with Crippen molar-refractivity contribution in [3.05, 3.63) is 29.6 Å². The van der Waals surface area contributed by atoms with Crippen LogP contribution < -0.4 is 15.4 Å². The Bertz CT molecular complexity index is 524. The Kier molecular flexibility index (Phi) is 4.91. The van der Waals surface area contributed by atoms with Gasteiger partial charge in [-0.2, -0.15) is 5.26 Å².